The SMILES string of the molecule is Cc1ccccc1C(C)Nc1cc(C)c(N)c(C(=O)O)c1. The van der Waals surface area contributed by atoms with Crippen molar-refractivity contribution in [3.05, 3.63) is 58.7 Å². The summed E-state index contributed by atoms with van der Waals surface area (Å²) in [5.74, 6) is -1.01. The van der Waals surface area contributed by atoms with Gasteiger partial charge in [0.05, 0.1) is 5.56 Å². The number of nitrogens with two attached hydrogens (primary N) is 1. The molecule has 0 radical (unpaired) electrons. The third-order valence-electron chi connectivity index (χ3n) is 3.66. The van der Waals surface area contributed by atoms with E-state index in [0.717, 1.165) is 11.3 Å². The van der Waals surface area contributed by atoms with Gasteiger partial charge >= 0.3 is 5.97 Å². The van der Waals surface area contributed by atoms with Crippen LogP contribution in [0.1, 0.15) is 40.0 Å². The first-order valence-corrected chi connectivity index (χ1v) is 6.85. The second kappa shape index (κ2) is 5.87. The van der Waals surface area contributed by atoms with E-state index >= 15 is 0 Å². The van der Waals surface area contributed by atoms with Gasteiger partial charge in [-0.25, -0.2) is 4.79 Å². The molecule has 110 valence electrons. The van der Waals surface area contributed by atoms with E-state index in [1.807, 2.05) is 25.1 Å². The fourth-order valence-corrected chi connectivity index (χ4v) is 2.46. The van der Waals surface area contributed by atoms with Crippen LogP contribution in [0.15, 0.2) is 36.4 Å². The molecule has 0 aliphatic carbocycles. The summed E-state index contributed by atoms with van der Waals surface area (Å²) in [5.41, 5.74) is 10.2. The summed E-state index contributed by atoms with van der Waals surface area (Å²) in [4.78, 5) is 11.2. The Balaban J connectivity index is 2.32. The molecule has 0 aliphatic rings. The van der Waals surface area contributed by atoms with E-state index in [2.05, 4.69) is 31.3 Å². The van der Waals surface area contributed by atoms with E-state index in [1.165, 1.54) is 11.1 Å². The minimum absolute atomic E-state index is 0.0795. The molecule has 0 bridgehead atoms. The average Bonchev–Trinajstić information content (AvgIpc) is 2.42. The lowest BCUT2D eigenvalue weighted by molar-refractivity contribution is 0.0698. The molecule has 0 heterocycles. The number of benzene rings is 2. The molecule has 4 heteroatoms. The molecule has 0 aliphatic heterocycles. The van der Waals surface area contributed by atoms with Gasteiger partial charge < -0.3 is 16.2 Å². The van der Waals surface area contributed by atoms with Gasteiger partial charge in [0.25, 0.3) is 0 Å². The highest BCUT2D eigenvalue weighted by atomic mass is 16.4. The molecule has 4 nitrogen and oxygen atoms in total. The first kappa shape index (κ1) is 14.9. The quantitative estimate of drug-likeness (QED) is 0.747. The van der Waals surface area contributed by atoms with Crippen LogP contribution in [0.5, 0.6) is 0 Å². The Kier molecular flexibility index (Phi) is 4.17. The number of hydrogen-bond donors (Lipinski definition) is 3. The number of rotatable bonds is 4. The number of hydrogen-bond acceptors (Lipinski definition) is 3. The van der Waals surface area contributed by atoms with E-state index in [0.29, 0.717) is 5.69 Å². The zero-order valence-corrected chi connectivity index (χ0v) is 12.5. The summed E-state index contributed by atoms with van der Waals surface area (Å²) in [5, 5.41) is 12.5. The number of carboxylic acids is 1. The van der Waals surface area contributed by atoms with Gasteiger partial charge in [-0.05, 0) is 49.6 Å². The molecule has 0 fully saturated rings. The van der Waals surface area contributed by atoms with Gasteiger partial charge in [0, 0.05) is 17.4 Å². The number of carboxylic acid groups (broad SMARTS) is 1. The maximum absolute atomic E-state index is 11.2. The highest BCUT2D eigenvalue weighted by Gasteiger charge is 2.14. The molecule has 21 heavy (non-hydrogen) atoms. The average molecular weight is 284 g/mol. The van der Waals surface area contributed by atoms with Crippen molar-refractivity contribution in [3.63, 3.8) is 0 Å². The number of nitrogen functional groups attached to an aromatic ring is 1. The molecule has 4 N–H and O–H groups in total. The first-order chi connectivity index (χ1) is 9.90. The molecular weight excluding hydrogens is 264 g/mol. The Morgan fingerprint density at radius 3 is 2.48 bits per heavy atom. The second-order valence-electron chi connectivity index (χ2n) is 5.28. The van der Waals surface area contributed by atoms with Crippen LogP contribution in [0, 0.1) is 13.8 Å². The third kappa shape index (κ3) is 3.16. The van der Waals surface area contributed by atoms with Gasteiger partial charge in [-0.1, -0.05) is 24.3 Å². The third-order valence-corrected chi connectivity index (χ3v) is 3.66. The summed E-state index contributed by atoms with van der Waals surface area (Å²) < 4.78 is 0. The minimum atomic E-state index is -1.01. The Labute approximate surface area is 124 Å². The predicted octanol–water partition coefficient (Wildman–Crippen LogP) is 3.76. The second-order valence-corrected chi connectivity index (χ2v) is 5.28. The standard InChI is InChI=1S/C17H20N2O2/c1-10-6-4-5-7-14(10)12(3)19-13-8-11(2)16(18)15(9-13)17(20)21/h4-9,12,19H,18H2,1-3H3,(H,20,21). The number of anilines is 2. The normalized spacial score (nSPS) is 12.0. The zero-order chi connectivity index (χ0) is 15.6. The van der Waals surface area contributed by atoms with E-state index in [9.17, 15) is 9.90 Å². The summed E-state index contributed by atoms with van der Waals surface area (Å²) >= 11 is 0. The molecular formula is C17H20N2O2. The van der Waals surface area contributed by atoms with Crippen LogP contribution >= 0.6 is 0 Å². The van der Waals surface area contributed by atoms with Crippen molar-refractivity contribution in [2.24, 2.45) is 0 Å². The maximum atomic E-state index is 11.2. The van der Waals surface area contributed by atoms with Gasteiger partial charge in [0.1, 0.15) is 0 Å². The summed E-state index contributed by atoms with van der Waals surface area (Å²) in [7, 11) is 0. The summed E-state index contributed by atoms with van der Waals surface area (Å²) in [6, 6.07) is 11.7. The molecule has 0 saturated heterocycles. The lowest BCUT2D eigenvalue weighted by Gasteiger charge is -2.19. The van der Waals surface area contributed by atoms with Gasteiger partial charge in [0.15, 0.2) is 0 Å². The van der Waals surface area contributed by atoms with Crippen molar-refractivity contribution >= 4 is 17.3 Å². The largest absolute Gasteiger partial charge is 0.478 e. The Morgan fingerprint density at radius 2 is 1.86 bits per heavy atom. The fraction of sp³-hybridized carbons (Fsp3) is 0.235. The van der Waals surface area contributed by atoms with Crippen LogP contribution in [0.3, 0.4) is 0 Å². The van der Waals surface area contributed by atoms with Gasteiger partial charge in [-0.3, -0.25) is 0 Å². The Morgan fingerprint density at radius 1 is 1.19 bits per heavy atom. The van der Waals surface area contributed by atoms with E-state index in [1.54, 1.807) is 6.07 Å². The lowest BCUT2D eigenvalue weighted by Crippen LogP contribution is -2.11. The van der Waals surface area contributed by atoms with Gasteiger partial charge in [0.2, 0.25) is 0 Å². The van der Waals surface area contributed by atoms with E-state index in [-0.39, 0.29) is 11.6 Å². The van der Waals surface area contributed by atoms with Crippen molar-refractivity contribution in [1.29, 1.82) is 0 Å². The summed E-state index contributed by atoms with van der Waals surface area (Å²) in [6.45, 7) is 5.92. The Hall–Kier alpha value is -2.49. The number of aryl methyl sites for hydroxylation is 2. The molecule has 0 saturated carbocycles. The molecule has 0 aromatic heterocycles. The number of aromatic carboxylic acids is 1. The predicted molar refractivity (Wildman–Crippen MR) is 85.8 cm³/mol. The smallest absolute Gasteiger partial charge is 0.337 e. The van der Waals surface area contributed by atoms with Crippen molar-refractivity contribution in [1.82, 2.24) is 0 Å². The van der Waals surface area contributed by atoms with Gasteiger partial charge in [-0.15, -0.1) is 0 Å². The van der Waals surface area contributed by atoms with E-state index < -0.39 is 5.97 Å². The zero-order valence-electron chi connectivity index (χ0n) is 12.5. The van der Waals surface area contributed by atoms with Crippen LogP contribution in [0.2, 0.25) is 0 Å². The maximum Gasteiger partial charge on any atom is 0.337 e. The van der Waals surface area contributed by atoms with Crippen molar-refractivity contribution in [2.45, 2.75) is 26.8 Å². The summed E-state index contributed by atoms with van der Waals surface area (Å²) in [6.07, 6.45) is 0. The fourth-order valence-electron chi connectivity index (χ4n) is 2.46. The molecule has 1 unspecified atom stereocenters. The molecule has 0 amide bonds. The highest BCUT2D eigenvalue weighted by Crippen LogP contribution is 2.27. The molecule has 0 spiro atoms. The van der Waals surface area contributed by atoms with E-state index in [4.69, 9.17) is 5.73 Å². The molecule has 2 aromatic rings. The molecule has 2 rings (SSSR count). The topological polar surface area (TPSA) is 75.3 Å². The van der Waals surface area contributed by atoms with Crippen LogP contribution in [0.25, 0.3) is 0 Å². The number of carbonyl (C=O) groups is 1. The van der Waals surface area contributed by atoms with Crippen LogP contribution in [-0.4, -0.2) is 11.1 Å². The number of nitrogens with one attached hydrogen (secondary N) is 1. The van der Waals surface area contributed by atoms with Crippen molar-refractivity contribution in [2.75, 3.05) is 11.1 Å². The van der Waals surface area contributed by atoms with Gasteiger partial charge in [-0.2, -0.15) is 0 Å². The molecule has 2 aromatic carbocycles. The van der Waals surface area contributed by atoms with Crippen molar-refractivity contribution in [3.8, 4) is 0 Å². The van der Waals surface area contributed by atoms with Crippen LogP contribution in [0.4, 0.5) is 11.4 Å². The first-order valence-electron chi connectivity index (χ1n) is 6.85. The van der Waals surface area contributed by atoms with Crippen molar-refractivity contribution < 1.29 is 9.90 Å². The van der Waals surface area contributed by atoms with Crippen LogP contribution in [-0.2, 0) is 0 Å². The Bertz CT molecular complexity index is 680. The highest BCUT2D eigenvalue weighted by molar-refractivity contribution is 5.95. The van der Waals surface area contributed by atoms with Crippen LogP contribution < -0.4 is 11.1 Å². The monoisotopic (exact) mass is 284 g/mol. The minimum Gasteiger partial charge on any atom is -0.478 e. The lowest BCUT2D eigenvalue weighted by atomic mass is 10.0. The molecule has 1 atom stereocenters.